The zero-order chi connectivity index (χ0) is 14.4. The average molecular weight is 274 g/mol. The van der Waals surface area contributed by atoms with Gasteiger partial charge < -0.3 is 4.74 Å². The number of ketones is 1. The van der Waals surface area contributed by atoms with Crippen LogP contribution in [0.25, 0.3) is 0 Å². The van der Waals surface area contributed by atoms with E-state index in [-0.39, 0.29) is 25.9 Å². The van der Waals surface area contributed by atoms with Gasteiger partial charge in [-0.15, -0.1) is 0 Å². The number of rotatable bonds is 6. The number of halogens is 3. The maximum absolute atomic E-state index is 13.3. The molecule has 0 spiro atoms. The minimum atomic E-state index is -1.35. The Morgan fingerprint density at radius 2 is 1.68 bits per heavy atom. The Morgan fingerprint density at radius 1 is 1.05 bits per heavy atom. The van der Waals surface area contributed by atoms with Crippen LogP contribution in [0.5, 0.6) is 0 Å². The molecule has 1 aromatic carbocycles. The molecule has 0 N–H and O–H groups in total. The van der Waals surface area contributed by atoms with Gasteiger partial charge in [0.1, 0.15) is 5.82 Å². The second-order valence-corrected chi connectivity index (χ2v) is 3.83. The van der Waals surface area contributed by atoms with Crippen LogP contribution in [0.15, 0.2) is 12.1 Å². The number of carbonyl (C=O) groups is 2. The molecule has 0 aliphatic rings. The molecular weight excluding hydrogens is 261 g/mol. The lowest BCUT2D eigenvalue weighted by atomic mass is 10.0. The van der Waals surface area contributed by atoms with Gasteiger partial charge in [-0.2, -0.15) is 0 Å². The summed E-state index contributed by atoms with van der Waals surface area (Å²) >= 11 is 0. The highest BCUT2D eigenvalue weighted by molar-refractivity contribution is 5.96. The van der Waals surface area contributed by atoms with Crippen molar-refractivity contribution < 1.29 is 27.5 Å². The van der Waals surface area contributed by atoms with Crippen molar-refractivity contribution in [2.75, 3.05) is 6.61 Å². The molecule has 0 bridgehead atoms. The summed E-state index contributed by atoms with van der Waals surface area (Å²) in [4.78, 5) is 22.6. The first-order valence-electron chi connectivity index (χ1n) is 5.79. The number of benzene rings is 1. The van der Waals surface area contributed by atoms with Gasteiger partial charge in [0.05, 0.1) is 12.2 Å². The van der Waals surface area contributed by atoms with Crippen LogP contribution in [0.4, 0.5) is 13.2 Å². The van der Waals surface area contributed by atoms with Crippen molar-refractivity contribution in [1.29, 1.82) is 0 Å². The smallest absolute Gasteiger partial charge is 0.305 e. The summed E-state index contributed by atoms with van der Waals surface area (Å²) in [5.41, 5.74) is -0.511. The number of hydrogen-bond acceptors (Lipinski definition) is 3. The van der Waals surface area contributed by atoms with Crippen molar-refractivity contribution in [3.8, 4) is 0 Å². The summed E-state index contributed by atoms with van der Waals surface area (Å²) in [5, 5.41) is 0. The van der Waals surface area contributed by atoms with Crippen LogP contribution in [-0.2, 0) is 9.53 Å². The van der Waals surface area contributed by atoms with E-state index in [0.717, 1.165) is 0 Å². The fourth-order valence-corrected chi connectivity index (χ4v) is 1.50. The molecule has 1 aromatic rings. The fraction of sp³-hybridized carbons (Fsp3) is 0.385. The van der Waals surface area contributed by atoms with E-state index in [1.165, 1.54) is 0 Å². The first-order chi connectivity index (χ1) is 8.95. The Bertz CT molecular complexity index is 486. The summed E-state index contributed by atoms with van der Waals surface area (Å²) in [6, 6.07) is 0.852. The normalized spacial score (nSPS) is 10.3. The maximum Gasteiger partial charge on any atom is 0.305 e. The zero-order valence-corrected chi connectivity index (χ0v) is 10.3. The monoisotopic (exact) mass is 274 g/mol. The van der Waals surface area contributed by atoms with E-state index in [4.69, 9.17) is 0 Å². The van der Waals surface area contributed by atoms with Crippen LogP contribution in [0.2, 0.25) is 0 Å². The van der Waals surface area contributed by atoms with E-state index < -0.39 is 34.8 Å². The zero-order valence-electron chi connectivity index (χ0n) is 10.3. The number of hydrogen-bond donors (Lipinski definition) is 0. The van der Waals surface area contributed by atoms with Gasteiger partial charge in [0.15, 0.2) is 17.4 Å². The second kappa shape index (κ2) is 6.92. The molecule has 0 fully saturated rings. The Balaban J connectivity index is 2.59. The first-order valence-corrected chi connectivity index (χ1v) is 5.79. The van der Waals surface area contributed by atoms with E-state index in [1.807, 2.05) is 0 Å². The van der Waals surface area contributed by atoms with Crippen molar-refractivity contribution in [2.24, 2.45) is 0 Å². The van der Waals surface area contributed by atoms with Crippen LogP contribution >= 0.6 is 0 Å². The van der Waals surface area contributed by atoms with Crippen molar-refractivity contribution in [3.63, 3.8) is 0 Å². The third kappa shape index (κ3) is 4.39. The number of ether oxygens (including phenoxy) is 1. The SMILES string of the molecule is CCOC(=O)CCCC(=O)c1cc(F)c(F)cc1F. The molecule has 0 atom stereocenters. The van der Waals surface area contributed by atoms with Gasteiger partial charge in [-0.3, -0.25) is 9.59 Å². The van der Waals surface area contributed by atoms with Crippen molar-refractivity contribution in [3.05, 3.63) is 35.1 Å². The quantitative estimate of drug-likeness (QED) is 0.455. The van der Waals surface area contributed by atoms with Gasteiger partial charge in [-0.25, -0.2) is 13.2 Å². The Labute approximate surface area is 108 Å². The highest BCUT2D eigenvalue weighted by atomic mass is 19.2. The molecule has 104 valence electrons. The second-order valence-electron chi connectivity index (χ2n) is 3.83. The minimum absolute atomic E-state index is 0.0187. The van der Waals surface area contributed by atoms with Crippen molar-refractivity contribution in [2.45, 2.75) is 26.2 Å². The predicted molar refractivity (Wildman–Crippen MR) is 61.1 cm³/mol. The molecule has 0 unspecified atom stereocenters. The lowest BCUT2D eigenvalue weighted by Crippen LogP contribution is -2.07. The number of esters is 1. The molecule has 0 aliphatic heterocycles. The molecule has 19 heavy (non-hydrogen) atoms. The van der Waals surface area contributed by atoms with E-state index in [1.54, 1.807) is 6.92 Å². The molecule has 0 heterocycles. The van der Waals surface area contributed by atoms with Gasteiger partial charge >= 0.3 is 5.97 Å². The Morgan fingerprint density at radius 3 is 2.32 bits per heavy atom. The maximum atomic E-state index is 13.3. The third-order valence-corrected chi connectivity index (χ3v) is 2.40. The molecule has 0 aromatic heterocycles. The molecule has 6 heteroatoms. The Hall–Kier alpha value is -1.85. The molecule has 0 aliphatic carbocycles. The van der Waals surface area contributed by atoms with Crippen LogP contribution in [0.3, 0.4) is 0 Å². The standard InChI is InChI=1S/C13H13F3O3/c1-2-19-13(18)5-3-4-12(17)8-6-10(15)11(16)7-9(8)14/h6-7H,2-5H2,1H3. The van der Waals surface area contributed by atoms with Crippen LogP contribution in [-0.4, -0.2) is 18.4 Å². The third-order valence-electron chi connectivity index (χ3n) is 2.40. The summed E-state index contributed by atoms with van der Waals surface area (Å²) < 4.78 is 43.5. The summed E-state index contributed by atoms with van der Waals surface area (Å²) in [6.07, 6.45) is 0.0434. The largest absolute Gasteiger partial charge is 0.466 e. The van der Waals surface area contributed by atoms with Gasteiger partial charge in [0.2, 0.25) is 0 Å². The Kier molecular flexibility index (Phi) is 5.54. The summed E-state index contributed by atoms with van der Waals surface area (Å²) in [5.74, 6) is -4.88. The molecule has 3 nitrogen and oxygen atoms in total. The van der Waals surface area contributed by atoms with Crippen LogP contribution in [0.1, 0.15) is 36.5 Å². The van der Waals surface area contributed by atoms with Crippen LogP contribution in [0, 0.1) is 17.5 Å². The minimum Gasteiger partial charge on any atom is -0.466 e. The first kappa shape index (κ1) is 15.2. The molecule has 1 rings (SSSR count). The molecule has 0 radical (unpaired) electrons. The number of carbonyl (C=O) groups excluding carboxylic acids is 2. The van der Waals surface area contributed by atoms with Crippen molar-refractivity contribution >= 4 is 11.8 Å². The molecule has 0 saturated heterocycles. The van der Waals surface area contributed by atoms with E-state index in [0.29, 0.717) is 12.1 Å². The fourth-order valence-electron chi connectivity index (χ4n) is 1.50. The molecule has 0 saturated carbocycles. The highest BCUT2D eigenvalue weighted by Crippen LogP contribution is 2.16. The number of Topliss-reactive ketones (excluding diaryl/α,β-unsaturated/α-hetero) is 1. The lowest BCUT2D eigenvalue weighted by Gasteiger charge is -2.04. The lowest BCUT2D eigenvalue weighted by molar-refractivity contribution is -0.143. The summed E-state index contributed by atoms with van der Waals surface area (Å²) in [6.45, 7) is 1.89. The van der Waals surface area contributed by atoms with E-state index >= 15 is 0 Å². The van der Waals surface area contributed by atoms with E-state index in [9.17, 15) is 22.8 Å². The van der Waals surface area contributed by atoms with Crippen LogP contribution < -0.4 is 0 Å². The van der Waals surface area contributed by atoms with Crippen molar-refractivity contribution in [1.82, 2.24) is 0 Å². The average Bonchev–Trinajstić information content (AvgIpc) is 2.34. The van der Waals surface area contributed by atoms with Gasteiger partial charge in [-0.05, 0) is 19.4 Å². The topological polar surface area (TPSA) is 43.4 Å². The molecular formula is C13H13F3O3. The summed E-state index contributed by atoms with van der Waals surface area (Å²) in [7, 11) is 0. The van der Waals surface area contributed by atoms with E-state index in [2.05, 4.69) is 4.74 Å². The molecule has 0 amide bonds. The predicted octanol–water partition coefficient (Wildman–Crippen LogP) is 3.02. The van der Waals surface area contributed by atoms with Gasteiger partial charge in [-0.1, -0.05) is 0 Å². The highest BCUT2D eigenvalue weighted by Gasteiger charge is 2.16. The van der Waals surface area contributed by atoms with Gasteiger partial charge in [0.25, 0.3) is 0 Å². The van der Waals surface area contributed by atoms with Gasteiger partial charge in [0, 0.05) is 18.9 Å².